The van der Waals surface area contributed by atoms with Crippen molar-refractivity contribution in [1.82, 2.24) is 9.88 Å². The van der Waals surface area contributed by atoms with Gasteiger partial charge in [0, 0.05) is 29.8 Å². The fourth-order valence-corrected chi connectivity index (χ4v) is 5.72. The van der Waals surface area contributed by atoms with Gasteiger partial charge in [-0.3, -0.25) is 9.78 Å². The second kappa shape index (κ2) is 7.00. The van der Waals surface area contributed by atoms with E-state index in [0.717, 1.165) is 36.3 Å². The van der Waals surface area contributed by atoms with Crippen LogP contribution in [0.15, 0.2) is 30.6 Å². The summed E-state index contributed by atoms with van der Waals surface area (Å²) < 4.78 is 12.0. The van der Waals surface area contributed by atoms with Gasteiger partial charge in [0.1, 0.15) is 5.60 Å². The molecule has 0 radical (unpaired) electrons. The Morgan fingerprint density at radius 2 is 2.19 bits per heavy atom. The number of hydrogen-bond donors (Lipinski definition) is 0. The number of carbonyl (C=O) groups is 1. The zero-order valence-corrected chi connectivity index (χ0v) is 16.2. The van der Waals surface area contributed by atoms with E-state index in [-0.39, 0.29) is 11.5 Å². The molecule has 2 saturated heterocycles. The molecule has 27 heavy (non-hydrogen) atoms. The average molecular weight is 385 g/mol. The minimum Gasteiger partial charge on any atom is -0.376 e. The predicted octanol–water partition coefficient (Wildman–Crippen LogP) is 3.08. The van der Waals surface area contributed by atoms with Crippen LogP contribution in [0.3, 0.4) is 0 Å². The van der Waals surface area contributed by atoms with Gasteiger partial charge in [0.25, 0.3) is 5.91 Å². The van der Waals surface area contributed by atoms with E-state index in [1.807, 2.05) is 17.0 Å². The Kier molecular flexibility index (Phi) is 4.50. The standard InChI is InChI=1S/C21H24N2O3S/c24-20(19-10-16-2-1-3-18(16)27-19)23-13-21(14-23)17(6-9-26-21)12-25-11-15-4-7-22-8-5-15/h4-5,7-8,10,17H,1-3,6,9,11-14H2/t17-/m0/s1. The van der Waals surface area contributed by atoms with Crippen LogP contribution in [0.4, 0.5) is 0 Å². The molecule has 2 aliphatic heterocycles. The molecular weight excluding hydrogens is 360 g/mol. The number of amides is 1. The molecule has 3 aliphatic rings. The Balaban J connectivity index is 1.17. The summed E-state index contributed by atoms with van der Waals surface area (Å²) in [7, 11) is 0. The molecule has 0 unspecified atom stereocenters. The molecular formula is C21H24N2O3S. The number of fused-ring (bicyclic) bond motifs is 1. The number of ether oxygens (including phenoxy) is 2. The number of rotatable bonds is 5. The van der Waals surface area contributed by atoms with Crippen molar-refractivity contribution >= 4 is 17.2 Å². The lowest BCUT2D eigenvalue weighted by Gasteiger charge is -2.50. The zero-order chi connectivity index (χ0) is 18.3. The third-order valence-corrected chi connectivity index (χ3v) is 7.32. The van der Waals surface area contributed by atoms with Gasteiger partial charge in [-0.15, -0.1) is 11.3 Å². The van der Waals surface area contributed by atoms with Crippen LogP contribution in [0.5, 0.6) is 0 Å². The van der Waals surface area contributed by atoms with Crippen molar-refractivity contribution in [3.8, 4) is 0 Å². The molecule has 4 heterocycles. The summed E-state index contributed by atoms with van der Waals surface area (Å²) in [4.78, 5) is 21.1. The van der Waals surface area contributed by atoms with Crippen LogP contribution in [-0.2, 0) is 28.9 Å². The summed E-state index contributed by atoms with van der Waals surface area (Å²) in [5, 5.41) is 0. The van der Waals surface area contributed by atoms with E-state index in [9.17, 15) is 4.79 Å². The maximum absolute atomic E-state index is 12.8. The van der Waals surface area contributed by atoms with Crippen molar-refractivity contribution in [2.24, 2.45) is 5.92 Å². The summed E-state index contributed by atoms with van der Waals surface area (Å²) in [6.07, 6.45) is 8.08. The number of likely N-dealkylation sites (tertiary alicyclic amines) is 1. The first-order valence-corrected chi connectivity index (χ1v) is 10.6. The van der Waals surface area contributed by atoms with Gasteiger partial charge in [0.05, 0.1) is 31.2 Å². The van der Waals surface area contributed by atoms with Gasteiger partial charge in [-0.2, -0.15) is 0 Å². The lowest BCUT2D eigenvalue weighted by atomic mass is 9.81. The molecule has 1 aliphatic carbocycles. The normalized spacial score (nSPS) is 22.8. The highest BCUT2D eigenvalue weighted by molar-refractivity contribution is 7.14. The van der Waals surface area contributed by atoms with E-state index in [1.54, 1.807) is 23.7 Å². The summed E-state index contributed by atoms with van der Waals surface area (Å²) in [5.41, 5.74) is 2.32. The minimum atomic E-state index is -0.201. The maximum Gasteiger partial charge on any atom is 0.264 e. The van der Waals surface area contributed by atoms with Gasteiger partial charge in [0.2, 0.25) is 0 Å². The molecule has 0 N–H and O–H groups in total. The Hall–Kier alpha value is -1.76. The molecule has 0 saturated carbocycles. The summed E-state index contributed by atoms with van der Waals surface area (Å²) >= 11 is 1.69. The van der Waals surface area contributed by atoms with E-state index in [2.05, 4.69) is 11.1 Å². The highest BCUT2D eigenvalue weighted by Crippen LogP contribution is 2.41. The molecule has 2 aromatic rings. The summed E-state index contributed by atoms with van der Waals surface area (Å²) in [5.74, 6) is 0.531. The molecule has 0 bridgehead atoms. The van der Waals surface area contributed by atoms with Crippen LogP contribution in [0, 0.1) is 5.92 Å². The molecule has 6 heteroatoms. The fourth-order valence-electron chi connectivity index (χ4n) is 4.50. The van der Waals surface area contributed by atoms with Crippen molar-refractivity contribution in [3.05, 3.63) is 51.5 Å². The lowest BCUT2D eigenvalue weighted by molar-refractivity contribution is -0.128. The van der Waals surface area contributed by atoms with Crippen LogP contribution in [-0.4, -0.2) is 47.7 Å². The first kappa shape index (κ1) is 17.3. The number of thiophene rings is 1. The third-order valence-electron chi connectivity index (χ3n) is 6.10. The highest BCUT2D eigenvalue weighted by Gasteiger charge is 2.54. The predicted molar refractivity (Wildman–Crippen MR) is 103 cm³/mol. The van der Waals surface area contributed by atoms with Gasteiger partial charge < -0.3 is 14.4 Å². The topological polar surface area (TPSA) is 51.7 Å². The summed E-state index contributed by atoms with van der Waals surface area (Å²) in [6, 6.07) is 6.07. The van der Waals surface area contributed by atoms with Gasteiger partial charge in [-0.05, 0) is 55.0 Å². The third kappa shape index (κ3) is 3.20. The number of nitrogens with zero attached hydrogens (tertiary/aromatic N) is 2. The molecule has 1 spiro atoms. The van der Waals surface area contributed by atoms with Crippen LogP contribution >= 0.6 is 11.3 Å². The van der Waals surface area contributed by atoms with E-state index < -0.39 is 0 Å². The van der Waals surface area contributed by atoms with Gasteiger partial charge in [-0.25, -0.2) is 0 Å². The molecule has 2 aromatic heterocycles. The smallest absolute Gasteiger partial charge is 0.264 e. The molecule has 5 rings (SSSR count). The molecule has 1 amide bonds. The Morgan fingerprint density at radius 3 is 3.00 bits per heavy atom. The van der Waals surface area contributed by atoms with Crippen molar-refractivity contribution in [2.45, 2.75) is 37.9 Å². The number of carbonyl (C=O) groups excluding carboxylic acids is 1. The molecule has 142 valence electrons. The van der Waals surface area contributed by atoms with Crippen LogP contribution in [0.25, 0.3) is 0 Å². The monoisotopic (exact) mass is 384 g/mol. The molecule has 2 fully saturated rings. The minimum absolute atomic E-state index is 0.173. The quantitative estimate of drug-likeness (QED) is 0.795. The second-order valence-corrected chi connectivity index (χ2v) is 8.98. The van der Waals surface area contributed by atoms with Crippen molar-refractivity contribution in [3.63, 3.8) is 0 Å². The fraction of sp³-hybridized carbons (Fsp3) is 0.524. The van der Waals surface area contributed by atoms with E-state index >= 15 is 0 Å². The number of pyridine rings is 1. The number of aryl methyl sites for hydroxylation is 2. The Labute approximate surface area is 163 Å². The van der Waals surface area contributed by atoms with Gasteiger partial charge in [-0.1, -0.05) is 0 Å². The maximum atomic E-state index is 12.8. The Bertz CT molecular complexity index is 808. The van der Waals surface area contributed by atoms with Crippen molar-refractivity contribution < 1.29 is 14.3 Å². The van der Waals surface area contributed by atoms with Gasteiger partial charge >= 0.3 is 0 Å². The molecule has 0 aromatic carbocycles. The first-order valence-electron chi connectivity index (χ1n) is 9.75. The second-order valence-electron chi connectivity index (χ2n) is 7.84. The highest BCUT2D eigenvalue weighted by atomic mass is 32.1. The lowest BCUT2D eigenvalue weighted by Crippen LogP contribution is -2.66. The van der Waals surface area contributed by atoms with Gasteiger partial charge in [0.15, 0.2) is 0 Å². The van der Waals surface area contributed by atoms with Crippen LogP contribution in [0.1, 0.15) is 38.5 Å². The zero-order valence-electron chi connectivity index (χ0n) is 15.4. The summed E-state index contributed by atoms with van der Waals surface area (Å²) in [6.45, 7) is 3.42. The van der Waals surface area contributed by atoms with E-state index in [1.165, 1.54) is 16.9 Å². The molecule has 1 atom stereocenters. The average Bonchev–Trinajstić information content (AvgIpc) is 3.35. The Morgan fingerprint density at radius 1 is 1.33 bits per heavy atom. The van der Waals surface area contributed by atoms with Crippen LogP contribution in [0.2, 0.25) is 0 Å². The van der Waals surface area contributed by atoms with E-state index in [0.29, 0.717) is 32.2 Å². The SMILES string of the molecule is O=C(c1cc2c(s1)CCC2)N1CC2(C1)OCC[C@H]2COCc1ccncc1. The first-order chi connectivity index (χ1) is 13.2. The number of aromatic nitrogens is 1. The van der Waals surface area contributed by atoms with Crippen LogP contribution < -0.4 is 0 Å². The number of hydrogen-bond acceptors (Lipinski definition) is 5. The van der Waals surface area contributed by atoms with Crippen molar-refractivity contribution in [1.29, 1.82) is 0 Å². The van der Waals surface area contributed by atoms with Crippen molar-refractivity contribution in [2.75, 3.05) is 26.3 Å². The van der Waals surface area contributed by atoms with E-state index in [4.69, 9.17) is 9.47 Å². The molecule has 5 nitrogen and oxygen atoms in total. The largest absolute Gasteiger partial charge is 0.376 e.